The normalized spacial score (nSPS) is 20.3. The van der Waals surface area contributed by atoms with E-state index in [1.165, 1.54) is 0 Å². The van der Waals surface area contributed by atoms with Gasteiger partial charge in [0.05, 0.1) is 17.4 Å². The Hall–Kier alpha value is -1.53. The van der Waals surface area contributed by atoms with Gasteiger partial charge in [0, 0.05) is 13.1 Å². The Morgan fingerprint density at radius 1 is 1.53 bits per heavy atom. The van der Waals surface area contributed by atoms with E-state index in [4.69, 9.17) is 5.26 Å². The molecule has 0 aromatic heterocycles. The van der Waals surface area contributed by atoms with Gasteiger partial charge >= 0.3 is 0 Å². The van der Waals surface area contributed by atoms with Crippen LogP contribution in [0.1, 0.15) is 17.5 Å². The molecule has 1 fully saturated rings. The van der Waals surface area contributed by atoms with Gasteiger partial charge in [-0.15, -0.1) is 0 Å². The Morgan fingerprint density at radius 3 is 2.93 bits per heavy atom. The first kappa shape index (κ1) is 10.0. The molecule has 0 bridgehead atoms. The molecular formula is C12H14N2O. The Balaban J connectivity index is 2.32. The van der Waals surface area contributed by atoms with Gasteiger partial charge in [-0.2, -0.15) is 5.26 Å². The van der Waals surface area contributed by atoms with Gasteiger partial charge < -0.3 is 10.0 Å². The molecule has 3 nitrogen and oxygen atoms in total. The zero-order valence-electron chi connectivity index (χ0n) is 8.77. The molecule has 1 saturated heterocycles. The summed E-state index contributed by atoms with van der Waals surface area (Å²) in [6, 6.07) is 8.06. The number of aryl methyl sites for hydroxylation is 1. The number of nitriles is 1. The maximum absolute atomic E-state index is 9.45. The molecule has 0 spiro atoms. The largest absolute Gasteiger partial charge is 0.391 e. The molecule has 78 valence electrons. The third-order valence-corrected chi connectivity index (χ3v) is 2.78. The van der Waals surface area contributed by atoms with Crippen LogP contribution >= 0.6 is 0 Å². The van der Waals surface area contributed by atoms with Crippen LogP contribution < -0.4 is 4.90 Å². The lowest BCUT2D eigenvalue weighted by atomic mass is 10.1. The maximum Gasteiger partial charge on any atom is 0.101 e. The number of benzene rings is 1. The van der Waals surface area contributed by atoms with Crippen LogP contribution in [0.3, 0.4) is 0 Å². The molecule has 0 radical (unpaired) electrons. The van der Waals surface area contributed by atoms with Crippen molar-refractivity contribution < 1.29 is 5.11 Å². The van der Waals surface area contributed by atoms with E-state index in [-0.39, 0.29) is 6.10 Å². The summed E-state index contributed by atoms with van der Waals surface area (Å²) in [6.45, 7) is 3.44. The highest BCUT2D eigenvalue weighted by Crippen LogP contribution is 2.25. The summed E-state index contributed by atoms with van der Waals surface area (Å²) in [5.41, 5.74) is 2.73. The van der Waals surface area contributed by atoms with Gasteiger partial charge in [0.1, 0.15) is 6.07 Å². The summed E-state index contributed by atoms with van der Waals surface area (Å²) < 4.78 is 0. The summed E-state index contributed by atoms with van der Waals surface area (Å²) in [5.74, 6) is 0. The van der Waals surface area contributed by atoms with Gasteiger partial charge in [0.2, 0.25) is 0 Å². The first-order chi connectivity index (χ1) is 7.20. The molecule has 0 saturated carbocycles. The molecular weight excluding hydrogens is 188 g/mol. The van der Waals surface area contributed by atoms with Gasteiger partial charge in [-0.3, -0.25) is 0 Å². The van der Waals surface area contributed by atoms with E-state index in [1.807, 2.05) is 25.1 Å². The van der Waals surface area contributed by atoms with E-state index in [1.54, 1.807) is 0 Å². The number of aliphatic hydroxyl groups excluding tert-OH is 1. The first-order valence-corrected chi connectivity index (χ1v) is 5.14. The maximum atomic E-state index is 9.45. The minimum Gasteiger partial charge on any atom is -0.391 e. The fourth-order valence-corrected chi connectivity index (χ4v) is 1.98. The van der Waals surface area contributed by atoms with Crippen LogP contribution in [-0.4, -0.2) is 24.3 Å². The van der Waals surface area contributed by atoms with Crippen molar-refractivity contribution in [2.75, 3.05) is 18.0 Å². The Morgan fingerprint density at radius 2 is 2.33 bits per heavy atom. The summed E-state index contributed by atoms with van der Waals surface area (Å²) in [7, 11) is 0. The number of aliphatic hydroxyl groups is 1. The van der Waals surface area contributed by atoms with Crippen molar-refractivity contribution in [2.24, 2.45) is 0 Å². The summed E-state index contributed by atoms with van der Waals surface area (Å²) in [6.07, 6.45) is 0.538. The van der Waals surface area contributed by atoms with Crippen LogP contribution in [-0.2, 0) is 0 Å². The van der Waals surface area contributed by atoms with Crippen molar-refractivity contribution in [2.45, 2.75) is 19.4 Å². The number of hydrogen-bond acceptors (Lipinski definition) is 3. The van der Waals surface area contributed by atoms with Crippen LogP contribution in [0, 0.1) is 18.3 Å². The standard InChI is InChI=1S/C12H14N2O/c1-9-2-3-12(10(6-9)7-13)14-5-4-11(15)8-14/h2-3,6,11,15H,4-5,8H2,1H3/t11-/m0/s1. The predicted octanol–water partition coefficient (Wildman–Crippen LogP) is 1.44. The summed E-state index contributed by atoms with van der Waals surface area (Å²) in [5, 5.41) is 18.5. The lowest BCUT2D eigenvalue weighted by Crippen LogP contribution is -2.22. The highest BCUT2D eigenvalue weighted by atomic mass is 16.3. The molecule has 1 aliphatic rings. The molecule has 3 heteroatoms. The monoisotopic (exact) mass is 202 g/mol. The molecule has 1 N–H and O–H groups in total. The van der Waals surface area contributed by atoms with Crippen LogP contribution in [0.2, 0.25) is 0 Å². The number of nitrogens with zero attached hydrogens (tertiary/aromatic N) is 2. The summed E-state index contributed by atoms with van der Waals surface area (Å²) in [4.78, 5) is 2.07. The third kappa shape index (κ3) is 1.95. The second-order valence-corrected chi connectivity index (χ2v) is 4.02. The van der Waals surface area contributed by atoms with Crippen molar-refractivity contribution in [3.05, 3.63) is 29.3 Å². The Kier molecular flexibility index (Phi) is 2.61. The second kappa shape index (κ2) is 3.92. The van der Waals surface area contributed by atoms with Crippen LogP contribution in [0.4, 0.5) is 5.69 Å². The Labute approximate surface area is 89.6 Å². The highest BCUT2D eigenvalue weighted by molar-refractivity contribution is 5.61. The van der Waals surface area contributed by atoms with Crippen molar-refractivity contribution >= 4 is 5.69 Å². The SMILES string of the molecule is Cc1ccc(N2CC[C@H](O)C2)c(C#N)c1. The lowest BCUT2D eigenvalue weighted by molar-refractivity contribution is 0.198. The van der Waals surface area contributed by atoms with Gasteiger partial charge in [0.15, 0.2) is 0 Å². The van der Waals surface area contributed by atoms with E-state index in [2.05, 4.69) is 11.0 Å². The molecule has 2 rings (SSSR count). The first-order valence-electron chi connectivity index (χ1n) is 5.14. The molecule has 1 aliphatic heterocycles. The molecule has 0 unspecified atom stereocenters. The van der Waals surface area contributed by atoms with Crippen LogP contribution in [0.25, 0.3) is 0 Å². The van der Waals surface area contributed by atoms with E-state index in [0.29, 0.717) is 12.1 Å². The Bertz CT molecular complexity index is 409. The number of rotatable bonds is 1. The van der Waals surface area contributed by atoms with Crippen molar-refractivity contribution in [3.8, 4) is 6.07 Å². The average molecular weight is 202 g/mol. The highest BCUT2D eigenvalue weighted by Gasteiger charge is 2.22. The molecule has 0 amide bonds. The van der Waals surface area contributed by atoms with Crippen LogP contribution in [0.5, 0.6) is 0 Å². The molecule has 0 aliphatic carbocycles. The predicted molar refractivity (Wildman–Crippen MR) is 58.7 cm³/mol. The minimum atomic E-state index is -0.252. The van der Waals surface area contributed by atoms with Crippen molar-refractivity contribution in [3.63, 3.8) is 0 Å². The molecule has 15 heavy (non-hydrogen) atoms. The van der Waals surface area contributed by atoms with Crippen molar-refractivity contribution in [1.82, 2.24) is 0 Å². The lowest BCUT2D eigenvalue weighted by Gasteiger charge is -2.19. The number of hydrogen-bond donors (Lipinski definition) is 1. The van der Waals surface area contributed by atoms with E-state index < -0.39 is 0 Å². The fraction of sp³-hybridized carbons (Fsp3) is 0.417. The van der Waals surface area contributed by atoms with Gasteiger partial charge in [-0.25, -0.2) is 0 Å². The van der Waals surface area contributed by atoms with E-state index >= 15 is 0 Å². The number of anilines is 1. The zero-order valence-corrected chi connectivity index (χ0v) is 8.77. The van der Waals surface area contributed by atoms with E-state index in [9.17, 15) is 5.11 Å². The smallest absolute Gasteiger partial charge is 0.101 e. The average Bonchev–Trinajstić information content (AvgIpc) is 2.64. The third-order valence-electron chi connectivity index (χ3n) is 2.78. The molecule has 1 heterocycles. The van der Waals surface area contributed by atoms with Gasteiger partial charge in [-0.05, 0) is 31.0 Å². The summed E-state index contributed by atoms with van der Waals surface area (Å²) >= 11 is 0. The zero-order chi connectivity index (χ0) is 10.8. The fourth-order valence-electron chi connectivity index (χ4n) is 1.98. The second-order valence-electron chi connectivity index (χ2n) is 4.02. The minimum absolute atomic E-state index is 0.252. The molecule has 1 atom stereocenters. The van der Waals surface area contributed by atoms with Gasteiger partial charge in [0.25, 0.3) is 0 Å². The van der Waals surface area contributed by atoms with Gasteiger partial charge in [-0.1, -0.05) is 6.07 Å². The topological polar surface area (TPSA) is 47.3 Å². The van der Waals surface area contributed by atoms with E-state index in [0.717, 1.165) is 24.2 Å². The molecule has 1 aromatic carbocycles. The van der Waals surface area contributed by atoms with Crippen LogP contribution in [0.15, 0.2) is 18.2 Å². The number of β-amino-alcohol motifs (C(OH)–C–C–N with tert-alkyl or cyclic N) is 1. The molecule has 1 aromatic rings. The quantitative estimate of drug-likeness (QED) is 0.749. The van der Waals surface area contributed by atoms with Crippen molar-refractivity contribution in [1.29, 1.82) is 5.26 Å².